The quantitative estimate of drug-likeness (QED) is 0.758. The molecule has 1 aliphatic rings. The molecule has 0 aliphatic carbocycles. The van der Waals surface area contributed by atoms with Crippen LogP contribution in [-0.4, -0.2) is 19.1 Å². The van der Waals surface area contributed by atoms with Crippen LogP contribution in [0.4, 0.5) is 0 Å². The maximum atomic E-state index is 5.12. The van der Waals surface area contributed by atoms with E-state index in [0.717, 1.165) is 10.8 Å². The zero-order chi connectivity index (χ0) is 10.8. The fourth-order valence-corrected chi connectivity index (χ4v) is 2.24. The lowest BCUT2D eigenvalue weighted by molar-refractivity contribution is 0.414. The van der Waals surface area contributed by atoms with Crippen LogP contribution in [0.1, 0.15) is 5.56 Å². The van der Waals surface area contributed by atoms with E-state index in [0.29, 0.717) is 0 Å². The summed E-state index contributed by atoms with van der Waals surface area (Å²) in [4.78, 5) is 2.09. The van der Waals surface area contributed by atoms with Gasteiger partial charge in [0.1, 0.15) is 5.75 Å². The van der Waals surface area contributed by atoms with Crippen molar-refractivity contribution in [3.05, 3.63) is 46.8 Å². The molecule has 0 saturated carbocycles. The topological polar surface area (TPSA) is 12.5 Å². The van der Waals surface area contributed by atoms with Crippen LogP contribution in [0.3, 0.4) is 0 Å². The molecule has 1 aliphatic heterocycles. The van der Waals surface area contributed by atoms with Crippen molar-refractivity contribution < 1.29 is 4.74 Å². The van der Waals surface area contributed by atoms with Gasteiger partial charge in [-0.15, -0.1) is 0 Å². The largest absolute Gasteiger partial charge is 0.497 e. The van der Waals surface area contributed by atoms with Crippen LogP contribution >= 0.6 is 11.8 Å². The zero-order valence-electron chi connectivity index (χ0n) is 8.86. The lowest BCUT2D eigenvalue weighted by Gasteiger charge is -2.16. The predicted octanol–water partition coefficient (Wildman–Crippen LogP) is 3.14. The number of rotatable bonds is 2. The number of nitrogens with zero attached hydrogens (tertiary/aromatic N) is 1. The average molecular weight is 219 g/mol. The van der Waals surface area contributed by atoms with E-state index in [2.05, 4.69) is 29.0 Å². The normalized spacial score (nSPS) is 15.5. The second-order valence-electron chi connectivity index (χ2n) is 3.30. The number of ether oxygens (including phenoxy) is 1. The molecular formula is C12H13NOS. The molecule has 0 N–H and O–H groups in total. The minimum Gasteiger partial charge on any atom is -0.497 e. The Labute approximate surface area is 94.2 Å². The van der Waals surface area contributed by atoms with Crippen molar-refractivity contribution in [2.24, 2.45) is 0 Å². The fourth-order valence-electron chi connectivity index (χ4n) is 1.44. The molecule has 0 atom stereocenters. The van der Waals surface area contributed by atoms with Gasteiger partial charge in [0.15, 0.2) is 0 Å². The van der Waals surface area contributed by atoms with E-state index in [1.54, 1.807) is 18.9 Å². The highest BCUT2D eigenvalue weighted by atomic mass is 32.2. The summed E-state index contributed by atoms with van der Waals surface area (Å²) >= 11 is 1.66. The molecule has 0 saturated heterocycles. The van der Waals surface area contributed by atoms with Crippen LogP contribution in [0.5, 0.6) is 5.75 Å². The maximum Gasteiger partial charge on any atom is 0.118 e. The Morgan fingerprint density at radius 3 is 2.40 bits per heavy atom. The van der Waals surface area contributed by atoms with E-state index in [1.807, 2.05) is 19.2 Å². The number of thioether (sulfide) groups is 1. The van der Waals surface area contributed by atoms with Gasteiger partial charge in [0.05, 0.1) is 17.8 Å². The third-order valence-corrected chi connectivity index (χ3v) is 3.31. The SMILES string of the molecule is C=C1SC=C(c2ccc(OC)cc2)N1C. The monoisotopic (exact) mass is 219 g/mol. The standard InChI is InChI=1S/C12H13NOS/c1-9-13(2)12(8-15-9)10-4-6-11(14-3)7-5-10/h4-8H,1H2,2-3H3. The Morgan fingerprint density at radius 1 is 1.27 bits per heavy atom. The summed E-state index contributed by atoms with van der Waals surface area (Å²) < 4.78 is 5.12. The zero-order valence-corrected chi connectivity index (χ0v) is 9.67. The molecule has 0 bridgehead atoms. The number of benzene rings is 1. The Balaban J connectivity index is 2.27. The molecule has 0 spiro atoms. The first-order valence-corrected chi connectivity index (χ1v) is 5.54. The van der Waals surface area contributed by atoms with Crippen LogP contribution in [0.25, 0.3) is 5.70 Å². The van der Waals surface area contributed by atoms with Crippen LogP contribution in [0, 0.1) is 0 Å². The third kappa shape index (κ3) is 1.88. The van der Waals surface area contributed by atoms with Crippen molar-refractivity contribution in [2.75, 3.05) is 14.2 Å². The van der Waals surface area contributed by atoms with Crippen molar-refractivity contribution in [1.29, 1.82) is 0 Å². The summed E-state index contributed by atoms with van der Waals surface area (Å²) in [5.41, 5.74) is 2.37. The average Bonchev–Trinajstić information content (AvgIpc) is 2.60. The molecule has 1 aromatic carbocycles. The molecule has 0 unspecified atom stereocenters. The second-order valence-corrected chi connectivity index (χ2v) is 4.24. The van der Waals surface area contributed by atoms with E-state index in [-0.39, 0.29) is 0 Å². The van der Waals surface area contributed by atoms with Gasteiger partial charge in [-0.25, -0.2) is 0 Å². The molecule has 0 aromatic heterocycles. The van der Waals surface area contributed by atoms with E-state index in [4.69, 9.17) is 4.74 Å². The van der Waals surface area contributed by atoms with Crippen molar-refractivity contribution in [2.45, 2.75) is 0 Å². The molecule has 1 aromatic rings. The van der Waals surface area contributed by atoms with E-state index in [1.165, 1.54) is 11.3 Å². The van der Waals surface area contributed by atoms with Gasteiger partial charge < -0.3 is 9.64 Å². The summed E-state index contributed by atoms with van der Waals surface area (Å²) in [6.45, 7) is 3.96. The van der Waals surface area contributed by atoms with Crippen molar-refractivity contribution in [3.8, 4) is 5.75 Å². The molecule has 3 heteroatoms. The van der Waals surface area contributed by atoms with Crippen LogP contribution < -0.4 is 4.74 Å². The summed E-state index contributed by atoms with van der Waals surface area (Å²) in [5.74, 6) is 0.881. The lowest BCUT2D eigenvalue weighted by atomic mass is 10.1. The first kappa shape index (κ1) is 10.2. The number of methoxy groups -OCH3 is 1. The highest BCUT2D eigenvalue weighted by molar-refractivity contribution is 8.06. The molecule has 0 fully saturated rings. The summed E-state index contributed by atoms with van der Waals surface area (Å²) in [6, 6.07) is 8.05. The number of hydrogen-bond acceptors (Lipinski definition) is 3. The first-order chi connectivity index (χ1) is 7.22. The molecule has 1 heterocycles. The number of hydrogen-bond donors (Lipinski definition) is 0. The summed E-state index contributed by atoms with van der Waals surface area (Å²) in [7, 11) is 3.70. The predicted molar refractivity (Wildman–Crippen MR) is 65.5 cm³/mol. The van der Waals surface area contributed by atoms with Gasteiger partial charge in [0.2, 0.25) is 0 Å². The second kappa shape index (κ2) is 4.03. The van der Waals surface area contributed by atoms with Crippen molar-refractivity contribution in [1.82, 2.24) is 4.90 Å². The minimum absolute atomic E-state index is 0.881. The highest BCUT2D eigenvalue weighted by Crippen LogP contribution is 2.37. The van der Waals surface area contributed by atoms with Gasteiger partial charge in [-0.05, 0) is 29.8 Å². The molecule has 15 heavy (non-hydrogen) atoms. The van der Waals surface area contributed by atoms with Crippen molar-refractivity contribution >= 4 is 17.5 Å². The molecule has 2 nitrogen and oxygen atoms in total. The van der Waals surface area contributed by atoms with Gasteiger partial charge >= 0.3 is 0 Å². The van der Waals surface area contributed by atoms with Crippen molar-refractivity contribution in [3.63, 3.8) is 0 Å². The van der Waals surface area contributed by atoms with Crippen LogP contribution in [-0.2, 0) is 0 Å². The van der Waals surface area contributed by atoms with E-state index in [9.17, 15) is 0 Å². The highest BCUT2D eigenvalue weighted by Gasteiger charge is 2.16. The Hall–Kier alpha value is -1.35. The van der Waals surface area contributed by atoms with Crippen LogP contribution in [0.15, 0.2) is 41.3 Å². The Bertz CT molecular complexity index is 408. The van der Waals surface area contributed by atoms with E-state index >= 15 is 0 Å². The van der Waals surface area contributed by atoms with Gasteiger partial charge in [-0.2, -0.15) is 0 Å². The minimum atomic E-state index is 0.881. The van der Waals surface area contributed by atoms with E-state index < -0.39 is 0 Å². The molecule has 78 valence electrons. The Morgan fingerprint density at radius 2 is 1.93 bits per heavy atom. The molecule has 0 radical (unpaired) electrons. The molecular weight excluding hydrogens is 206 g/mol. The third-order valence-electron chi connectivity index (χ3n) is 2.43. The smallest absolute Gasteiger partial charge is 0.118 e. The fraction of sp³-hybridized carbons (Fsp3) is 0.167. The first-order valence-electron chi connectivity index (χ1n) is 4.66. The molecule has 0 amide bonds. The van der Waals surface area contributed by atoms with Gasteiger partial charge in [-0.3, -0.25) is 0 Å². The maximum absolute atomic E-state index is 5.12. The lowest BCUT2D eigenvalue weighted by Crippen LogP contribution is -2.08. The van der Waals surface area contributed by atoms with Crippen LogP contribution in [0.2, 0.25) is 0 Å². The molecule has 2 rings (SSSR count). The van der Waals surface area contributed by atoms with Gasteiger partial charge in [-0.1, -0.05) is 18.3 Å². The Kier molecular flexibility index (Phi) is 2.73. The van der Waals surface area contributed by atoms with Gasteiger partial charge in [0.25, 0.3) is 0 Å². The summed E-state index contributed by atoms with van der Waals surface area (Å²) in [6.07, 6.45) is 0. The van der Waals surface area contributed by atoms with Gasteiger partial charge in [0, 0.05) is 12.5 Å². The summed E-state index contributed by atoms with van der Waals surface area (Å²) in [5, 5.41) is 3.17.